The summed E-state index contributed by atoms with van der Waals surface area (Å²) in [7, 11) is 0. The normalized spacial score (nSPS) is 14.4. The lowest BCUT2D eigenvalue weighted by atomic mass is 9.99. The van der Waals surface area contributed by atoms with Crippen LogP contribution in [0.1, 0.15) is 30.9 Å². The van der Waals surface area contributed by atoms with Crippen LogP contribution < -0.4 is 0 Å². The van der Waals surface area contributed by atoms with Crippen molar-refractivity contribution in [2.24, 2.45) is 4.99 Å². The average Bonchev–Trinajstić information content (AvgIpc) is 2.63. The van der Waals surface area contributed by atoms with E-state index in [4.69, 9.17) is 4.99 Å². The molecule has 1 aliphatic carbocycles. The van der Waals surface area contributed by atoms with Crippen molar-refractivity contribution < 1.29 is 0 Å². The van der Waals surface area contributed by atoms with Gasteiger partial charge in [0.05, 0.1) is 5.69 Å². The number of hydrogen-bond donors (Lipinski definition) is 0. The molecule has 2 aromatic carbocycles. The maximum absolute atomic E-state index is 4.90. The molecular formula is C23H22IN. The van der Waals surface area contributed by atoms with Gasteiger partial charge in [0.15, 0.2) is 0 Å². The Labute approximate surface area is 164 Å². The van der Waals surface area contributed by atoms with Gasteiger partial charge >= 0.3 is 0 Å². The zero-order valence-electron chi connectivity index (χ0n) is 14.7. The first-order valence-corrected chi connectivity index (χ1v) is 9.60. The molecule has 0 radical (unpaired) electrons. The topological polar surface area (TPSA) is 12.4 Å². The SMILES string of the molecule is C=C(I)c1cc(-c2ccc(C)cc2)ccc1N=C(C)C1=CC=CCC1. The Bertz CT molecular complexity index is 883. The molecule has 126 valence electrons. The van der Waals surface area contributed by atoms with Gasteiger partial charge < -0.3 is 0 Å². The Morgan fingerprint density at radius 1 is 1.08 bits per heavy atom. The van der Waals surface area contributed by atoms with E-state index in [2.05, 4.69) is 104 Å². The molecule has 0 heterocycles. The fourth-order valence-electron chi connectivity index (χ4n) is 2.93. The van der Waals surface area contributed by atoms with E-state index in [0.29, 0.717) is 0 Å². The van der Waals surface area contributed by atoms with Gasteiger partial charge in [0, 0.05) is 14.9 Å². The average molecular weight is 439 g/mol. The van der Waals surface area contributed by atoms with E-state index in [1.54, 1.807) is 0 Å². The van der Waals surface area contributed by atoms with Crippen molar-refractivity contribution in [3.05, 3.63) is 84.0 Å². The van der Waals surface area contributed by atoms with Gasteiger partial charge in [-0.05, 0) is 78.1 Å². The molecule has 25 heavy (non-hydrogen) atoms. The summed E-state index contributed by atoms with van der Waals surface area (Å²) in [5, 5.41) is 0. The van der Waals surface area contributed by atoms with Crippen LogP contribution in [0.25, 0.3) is 14.7 Å². The molecule has 3 rings (SSSR count). The smallest absolute Gasteiger partial charge is 0.0716 e. The van der Waals surface area contributed by atoms with E-state index in [9.17, 15) is 0 Å². The summed E-state index contributed by atoms with van der Waals surface area (Å²) >= 11 is 2.29. The monoisotopic (exact) mass is 439 g/mol. The maximum atomic E-state index is 4.90. The predicted octanol–water partition coefficient (Wildman–Crippen LogP) is 7.44. The van der Waals surface area contributed by atoms with E-state index in [0.717, 1.165) is 33.4 Å². The number of aryl methyl sites for hydroxylation is 1. The Morgan fingerprint density at radius 3 is 2.44 bits per heavy atom. The van der Waals surface area contributed by atoms with Gasteiger partial charge in [-0.3, -0.25) is 4.99 Å². The molecule has 1 nitrogen and oxygen atoms in total. The Hall–Kier alpha value is -1.94. The first-order chi connectivity index (χ1) is 12.0. The second kappa shape index (κ2) is 7.96. The first kappa shape index (κ1) is 17.9. The van der Waals surface area contributed by atoms with Gasteiger partial charge in [0.1, 0.15) is 0 Å². The van der Waals surface area contributed by atoms with E-state index in [1.807, 2.05) is 0 Å². The number of allylic oxidation sites excluding steroid dienone is 4. The lowest BCUT2D eigenvalue weighted by Crippen LogP contribution is -1.99. The van der Waals surface area contributed by atoms with Crippen LogP contribution in [-0.2, 0) is 0 Å². The minimum atomic E-state index is 0.989. The highest BCUT2D eigenvalue weighted by Crippen LogP contribution is 2.34. The summed E-state index contributed by atoms with van der Waals surface area (Å²) in [5.41, 5.74) is 8.18. The lowest BCUT2D eigenvalue weighted by molar-refractivity contribution is 1.00. The van der Waals surface area contributed by atoms with Crippen LogP contribution in [0.5, 0.6) is 0 Å². The van der Waals surface area contributed by atoms with Crippen molar-refractivity contribution in [3.63, 3.8) is 0 Å². The van der Waals surface area contributed by atoms with Crippen LogP contribution in [0, 0.1) is 6.92 Å². The number of rotatable bonds is 4. The Morgan fingerprint density at radius 2 is 1.80 bits per heavy atom. The van der Waals surface area contributed by atoms with Gasteiger partial charge in [-0.15, -0.1) is 0 Å². The van der Waals surface area contributed by atoms with Crippen molar-refractivity contribution in [1.29, 1.82) is 0 Å². The Balaban J connectivity index is 2.00. The number of aliphatic imine (C=N–C) groups is 1. The second-order valence-corrected chi connectivity index (χ2v) is 7.66. The highest BCUT2D eigenvalue weighted by Gasteiger charge is 2.09. The van der Waals surface area contributed by atoms with E-state index < -0.39 is 0 Å². The van der Waals surface area contributed by atoms with Crippen LogP contribution in [0.4, 0.5) is 5.69 Å². The molecule has 0 unspecified atom stereocenters. The molecule has 0 saturated heterocycles. The van der Waals surface area contributed by atoms with Gasteiger partial charge in [-0.2, -0.15) is 0 Å². The molecule has 0 bridgehead atoms. The number of benzene rings is 2. The van der Waals surface area contributed by atoms with Crippen molar-refractivity contribution >= 4 is 37.6 Å². The van der Waals surface area contributed by atoms with Gasteiger partial charge in [-0.1, -0.05) is 60.7 Å². The van der Waals surface area contributed by atoms with Crippen LogP contribution in [0.2, 0.25) is 0 Å². The molecule has 0 aliphatic heterocycles. The van der Waals surface area contributed by atoms with Crippen molar-refractivity contribution in [3.8, 4) is 11.1 Å². The van der Waals surface area contributed by atoms with Gasteiger partial charge in [0.2, 0.25) is 0 Å². The zero-order chi connectivity index (χ0) is 17.8. The molecule has 2 aromatic rings. The minimum absolute atomic E-state index is 0.989. The van der Waals surface area contributed by atoms with Crippen molar-refractivity contribution in [2.75, 3.05) is 0 Å². The van der Waals surface area contributed by atoms with E-state index >= 15 is 0 Å². The third kappa shape index (κ3) is 4.37. The fraction of sp³-hybridized carbons (Fsp3) is 0.174. The molecule has 0 amide bonds. The molecule has 0 saturated carbocycles. The van der Waals surface area contributed by atoms with E-state index in [-0.39, 0.29) is 0 Å². The molecular weight excluding hydrogens is 417 g/mol. The molecule has 1 aliphatic rings. The van der Waals surface area contributed by atoms with E-state index in [1.165, 1.54) is 22.3 Å². The standard InChI is InChI=1S/C23H22IN/c1-16-9-11-20(12-10-16)21-13-14-23(22(15-21)17(2)24)25-18(3)19-7-5-4-6-8-19/h4-5,7,9-15H,2,6,8H2,1,3H3. The van der Waals surface area contributed by atoms with Gasteiger partial charge in [-0.25, -0.2) is 0 Å². The summed E-state index contributed by atoms with van der Waals surface area (Å²) in [5.74, 6) is 0. The summed E-state index contributed by atoms with van der Waals surface area (Å²) < 4.78 is 1.01. The number of halogens is 1. The number of hydrogen-bond acceptors (Lipinski definition) is 1. The molecule has 0 fully saturated rings. The first-order valence-electron chi connectivity index (χ1n) is 8.52. The molecule has 2 heteroatoms. The summed E-state index contributed by atoms with van der Waals surface area (Å²) in [6.07, 6.45) is 8.65. The summed E-state index contributed by atoms with van der Waals surface area (Å²) in [4.78, 5) is 4.90. The largest absolute Gasteiger partial charge is 0.253 e. The minimum Gasteiger partial charge on any atom is -0.253 e. The third-order valence-electron chi connectivity index (χ3n) is 4.44. The van der Waals surface area contributed by atoms with Crippen LogP contribution in [0.3, 0.4) is 0 Å². The summed E-state index contributed by atoms with van der Waals surface area (Å²) in [6.45, 7) is 8.35. The molecule has 0 aromatic heterocycles. The molecule has 0 N–H and O–H groups in total. The van der Waals surface area contributed by atoms with Crippen LogP contribution in [-0.4, -0.2) is 5.71 Å². The summed E-state index contributed by atoms with van der Waals surface area (Å²) in [6, 6.07) is 15.1. The maximum Gasteiger partial charge on any atom is 0.0716 e. The van der Waals surface area contributed by atoms with Crippen LogP contribution >= 0.6 is 22.6 Å². The lowest BCUT2D eigenvalue weighted by Gasteiger charge is -2.12. The van der Waals surface area contributed by atoms with Crippen LogP contribution in [0.15, 0.2) is 77.8 Å². The Kier molecular flexibility index (Phi) is 5.69. The van der Waals surface area contributed by atoms with Crippen molar-refractivity contribution in [1.82, 2.24) is 0 Å². The molecule has 0 atom stereocenters. The number of nitrogens with zero attached hydrogens (tertiary/aromatic N) is 1. The fourth-order valence-corrected chi connectivity index (χ4v) is 3.36. The molecule has 0 spiro atoms. The zero-order valence-corrected chi connectivity index (χ0v) is 16.9. The second-order valence-electron chi connectivity index (χ2n) is 6.36. The highest BCUT2D eigenvalue weighted by atomic mass is 127. The quantitative estimate of drug-likeness (QED) is 0.347. The van der Waals surface area contributed by atoms with Gasteiger partial charge in [0.25, 0.3) is 0 Å². The highest BCUT2D eigenvalue weighted by molar-refractivity contribution is 14.1. The van der Waals surface area contributed by atoms with Crippen molar-refractivity contribution in [2.45, 2.75) is 26.7 Å². The predicted molar refractivity (Wildman–Crippen MR) is 119 cm³/mol. The third-order valence-corrected chi connectivity index (χ3v) is 5.02.